The van der Waals surface area contributed by atoms with Crippen LogP contribution in [0.2, 0.25) is 0 Å². The van der Waals surface area contributed by atoms with Crippen LogP contribution in [0, 0.1) is 11.3 Å². The standard InChI is InChI=1S/C12H20O3/c1-8(2)15-11(14)7-12(4)6-5-10(13)9(12)3/h8-9H,5-7H2,1-4H3. The van der Waals surface area contributed by atoms with Crippen LogP contribution in [0.15, 0.2) is 0 Å². The molecule has 1 rings (SSSR count). The van der Waals surface area contributed by atoms with Crippen LogP contribution >= 0.6 is 0 Å². The molecule has 0 N–H and O–H groups in total. The lowest BCUT2D eigenvalue weighted by Crippen LogP contribution is -2.28. The number of hydrogen-bond acceptors (Lipinski definition) is 3. The fourth-order valence-corrected chi connectivity index (χ4v) is 2.11. The summed E-state index contributed by atoms with van der Waals surface area (Å²) < 4.78 is 5.11. The molecule has 0 aromatic heterocycles. The van der Waals surface area contributed by atoms with Gasteiger partial charge in [-0.05, 0) is 25.7 Å². The van der Waals surface area contributed by atoms with Crippen LogP contribution in [0.4, 0.5) is 0 Å². The summed E-state index contributed by atoms with van der Waals surface area (Å²) in [6.45, 7) is 7.59. The predicted octanol–water partition coefficient (Wildman–Crippen LogP) is 2.33. The van der Waals surface area contributed by atoms with Gasteiger partial charge in [0.15, 0.2) is 0 Å². The van der Waals surface area contributed by atoms with Crippen molar-refractivity contribution in [3.05, 3.63) is 0 Å². The Kier molecular flexibility index (Phi) is 3.53. The Balaban J connectivity index is 2.57. The molecule has 15 heavy (non-hydrogen) atoms. The highest BCUT2D eigenvalue weighted by molar-refractivity contribution is 5.85. The number of hydrogen-bond donors (Lipinski definition) is 0. The van der Waals surface area contributed by atoms with Crippen LogP contribution in [-0.4, -0.2) is 17.9 Å². The lowest BCUT2D eigenvalue weighted by molar-refractivity contribution is -0.150. The molecule has 1 aliphatic rings. The van der Waals surface area contributed by atoms with Gasteiger partial charge in [0.25, 0.3) is 0 Å². The van der Waals surface area contributed by atoms with Gasteiger partial charge in [0, 0.05) is 12.3 Å². The van der Waals surface area contributed by atoms with Gasteiger partial charge in [-0.2, -0.15) is 0 Å². The molecule has 0 heterocycles. The lowest BCUT2D eigenvalue weighted by atomic mass is 9.78. The van der Waals surface area contributed by atoms with Crippen molar-refractivity contribution in [1.29, 1.82) is 0 Å². The number of rotatable bonds is 3. The first-order valence-corrected chi connectivity index (χ1v) is 5.57. The number of ketones is 1. The second-order valence-corrected chi connectivity index (χ2v) is 5.06. The molecule has 1 fully saturated rings. The van der Waals surface area contributed by atoms with Crippen molar-refractivity contribution in [3.8, 4) is 0 Å². The largest absolute Gasteiger partial charge is 0.463 e. The van der Waals surface area contributed by atoms with Crippen molar-refractivity contribution < 1.29 is 14.3 Å². The number of carbonyl (C=O) groups is 2. The zero-order valence-electron chi connectivity index (χ0n) is 10.0. The number of esters is 1. The number of ether oxygens (including phenoxy) is 1. The maximum atomic E-state index is 11.5. The fraction of sp³-hybridized carbons (Fsp3) is 0.833. The summed E-state index contributed by atoms with van der Waals surface area (Å²) >= 11 is 0. The predicted molar refractivity (Wildman–Crippen MR) is 57.4 cm³/mol. The van der Waals surface area contributed by atoms with E-state index in [-0.39, 0.29) is 29.2 Å². The molecule has 3 heteroatoms. The van der Waals surface area contributed by atoms with E-state index >= 15 is 0 Å². The molecule has 0 radical (unpaired) electrons. The molecule has 0 spiro atoms. The van der Waals surface area contributed by atoms with E-state index in [1.165, 1.54) is 0 Å². The van der Waals surface area contributed by atoms with Gasteiger partial charge in [-0.15, -0.1) is 0 Å². The zero-order valence-corrected chi connectivity index (χ0v) is 10.0. The zero-order chi connectivity index (χ0) is 11.6. The van der Waals surface area contributed by atoms with Gasteiger partial charge < -0.3 is 4.74 Å². The monoisotopic (exact) mass is 212 g/mol. The van der Waals surface area contributed by atoms with Crippen molar-refractivity contribution in [2.24, 2.45) is 11.3 Å². The van der Waals surface area contributed by atoms with E-state index in [4.69, 9.17) is 4.74 Å². The Morgan fingerprint density at radius 2 is 2.20 bits per heavy atom. The van der Waals surface area contributed by atoms with Crippen LogP contribution in [0.25, 0.3) is 0 Å². The quantitative estimate of drug-likeness (QED) is 0.674. The van der Waals surface area contributed by atoms with E-state index in [1.807, 2.05) is 27.7 Å². The summed E-state index contributed by atoms with van der Waals surface area (Å²) in [5.41, 5.74) is -0.191. The van der Waals surface area contributed by atoms with Crippen LogP contribution < -0.4 is 0 Å². The van der Waals surface area contributed by atoms with Crippen molar-refractivity contribution in [1.82, 2.24) is 0 Å². The van der Waals surface area contributed by atoms with Crippen LogP contribution in [0.3, 0.4) is 0 Å². The molecule has 0 aliphatic heterocycles. The second kappa shape index (κ2) is 4.33. The molecular weight excluding hydrogens is 192 g/mol. The Bertz CT molecular complexity index is 270. The van der Waals surface area contributed by atoms with Gasteiger partial charge >= 0.3 is 5.97 Å². The minimum Gasteiger partial charge on any atom is -0.463 e. The molecule has 1 aliphatic carbocycles. The van der Waals surface area contributed by atoms with Gasteiger partial charge in [-0.25, -0.2) is 0 Å². The second-order valence-electron chi connectivity index (χ2n) is 5.06. The summed E-state index contributed by atoms with van der Waals surface area (Å²) in [6, 6.07) is 0. The van der Waals surface area contributed by atoms with Crippen LogP contribution in [0.5, 0.6) is 0 Å². The first-order chi connectivity index (χ1) is 6.85. The molecule has 0 aromatic rings. The molecular formula is C12H20O3. The molecule has 0 amide bonds. The van der Waals surface area contributed by atoms with Crippen molar-refractivity contribution >= 4 is 11.8 Å². The Labute approximate surface area is 91.2 Å². The van der Waals surface area contributed by atoms with E-state index < -0.39 is 0 Å². The summed E-state index contributed by atoms with van der Waals surface area (Å²) in [7, 11) is 0. The van der Waals surface area contributed by atoms with Gasteiger partial charge in [0.1, 0.15) is 5.78 Å². The topological polar surface area (TPSA) is 43.4 Å². The average Bonchev–Trinajstić information content (AvgIpc) is 2.32. The molecule has 0 bridgehead atoms. The first kappa shape index (κ1) is 12.2. The van der Waals surface area contributed by atoms with Crippen molar-refractivity contribution in [2.45, 2.75) is 53.1 Å². The highest BCUT2D eigenvalue weighted by Gasteiger charge is 2.43. The molecule has 3 nitrogen and oxygen atoms in total. The number of Topliss-reactive ketones (excluding diaryl/α,β-unsaturated/α-hetero) is 1. The highest BCUT2D eigenvalue weighted by atomic mass is 16.5. The van der Waals surface area contributed by atoms with Gasteiger partial charge in [0.2, 0.25) is 0 Å². The molecule has 2 unspecified atom stereocenters. The molecule has 0 aromatic carbocycles. The van der Waals surface area contributed by atoms with Crippen LogP contribution in [-0.2, 0) is 14.3 Å². The third kappa shape index (κ3) is 2.80. The summed E-state index contributed by atoms with van der Waals surface area (Å²) in [5, 5.41) is 0. The van der Waals surface area contributed by atoms with E-state index in [0.717, 1.165) is 6.42 Å². The lowest BCUT2D eigenvalue weighted by Gasteiger charge is -2.27. The maximum absolute atomic E-state index is 11.5. The third-order valence-corrected chi connectivity index (χ3v) is 3.39. The summed E-state index contributed by atoms with van der Waals surface area (Å²) in [4.78, 5) is 23.0. The number of carbonyl (C=O) groups excluding carboxylic acids is 2. The third-order valence-electron chi connectivity index (χ3n) is 3.39. The average molecular weight is 212 g/mol. The van der Waals surface area contributed by atoms with E-state index in [2.05, 4.69) is 0 Å². The fourth-order valence-electron chi connectivity index (χ4n) is 2.11. The van der Waals surface area contributed by atoms with Gasteiger partial charge in [-0.3, -0.25) is 9.59 Å². The van der Waals surface area contributed by atoms with E-state index in [0.29, 0.717) is 12.8 Å². The Morgan fingerprint density at radius 1 is 1.60 bits per heavy atom. The van der Waals surface area contributed by atoms with Gasteiger partial charge in [0.05, 0.1) is 12.5 Å². The normalized spacial score (nSPS) is 31.0. The minimum absolute atomic E-state index is 0.0165. The summed E-state index contributed by atoms with van der Waals surface area (Å²) in [6.07, 6.45) is 1.69. The van der Waals surface area contributed by atoms with Crippen molar-refractivity contribution in [3.63, 3.8) is 0 Å². The SMILES string of the molecule is CC(C)OC(=O)CC1(C)CCC(=O)C1C. The summed E-state index contributed by atoms with van der Waals surface area (Å²) in [5.74, 6) is 0.0705. The van der Waals surface area contributed by atoms with E-state index in [1.54, 1.807) is 0 Å². The molecule has 0 saturated heterocycles. The first-order valence-electron chi connectivity index (χ1n) is 5.57. The van der Waals surface area contributed by atoms with Gasteiger partial charge in [-0.1, -0.05) is 13.8 Å². The highest BCUT2D eigenvalue weighted by Crippen LogP contribution is 2.43. The van der Waals surface area contributed by atoms with Crippen molar-refractivity contribution in [2.75, 3.05) is 0 Å². The van der Waals surface area contributed by atoms with E-state index in [9.17, 15) is 9.59 Å². The molecule has 2 atom stereocenters. The maximum Gasteiger partial charge on any atom is 0.306 e. The molecule has 1 saturated carbocycles. The Morgan fingerprint density at radius 3 is 2.60 bits per heavy atom. The smallest absolute Gasteiger partial charge is 0.306 e. The minimum atomic E-state index is -0.191. The van der Waals surface area contributed by atoms with Crippen LogP contribution in [0.1, 0.15) is 47.0 Å². The molecule has 86 valence electrons. The Hall–Kier alpha value is -0.860.